The van der Waals surface area contributed by atoms with Crippen LogP contribution in [0.3, 0.4) is 0 Å². The fraction of sp³-hybridized carbons (Fsp3) is 0.444. The number of nitrogens with one attached hydrogen (secondary N) is 1. The van der Waals surface area contributed by atoms with E-state index in [9.17, 15) is 0 Å². The molecule has 0 aliphatic carbocycles. The molecule has 0 saturated carbocycles. The van der Waals surface area contributed by atoms with Crippen LogP contribution in [0.25, 0.3) is 0 Å². The zero-order valence-electron chi connectivity index (χ0n) is 8.56. The van der Waals surface area contributed by atoms with Crippen LogP contribution in [0.2, 0.25) is 0 Å². The minimum absolute atomic E-state index is 0.0511. The van der Waals surface area contributed by atoms with E-state index >= 15 is 0 Å². The maximum atomic E-state index is 7.36. The number of aromatic nitrogens is 2. The minimum Gasteiger partial charge on any atom is -0.385 e. The van der Waals surface area contributed by atoms with Gasteiger partial charge in [0.2, 0.25) is 5.95 Å². The van der Waals surface area contributed by atoms with Gasteiger partial charge in [-0.3, -0.25) is 5.41 Å². The molecular formula is C9H12IN5O. The molecule has 2 rings (SSSR count). The predicted octanol–water partition coefficient (Wildman–Crippen LogP) is 0.222. The van der Waals surface area contributed by atoms with E-state index in [0.717, 1.165) is 10.1 Å². The number of amidine groups is 1. The first-order chi connectivity index (χ1) is 7.66. The topological polar surface area (TPSA) is 88.1 Å². The monoisotopic (exact) mass is 333 g/mol. The average Bonchev–Trinajstić information content (AvgIpc) is 2.30. The largest absolute Gasteiger partial charge is 0.385 e. The lowest BCUT2D eigenvalue weighted by Gasteiger charge is -2.32. The number of ether oxygens (including phenoxy) is 1. The van der Waals surface area contributed by atoms with Crippen LogP contribution in [-0.2, 0) is 4.74 Å². The molecule has 1 atom stereocenters. The quantitative estimate of drug-likeness (QED) is 0.459. The zero-order valence-corrected chi connectivity index (χ0v) is 10.7. The summed E-state index contributed by atoms with van der Waals surface area (Å²) >= 11 is 2.16. The van der Waals surface area contributed by atoms with Crippen molar-refractivity contribution in [3.05, 3.63) is 16.0 Å². The van der Waals surface area contributed by atoms with E-state index in [1.54, 1.807) is 12.4 Å². The van der Waals surface area contributed by atoms with Gasteiger partial charge in [0.25, 0.3) is 0 Å². The number of halogens is 1. The maximum absolute atomic E-state index is 7.36. The summed E-state index contributed by atoms with van der Waals surface area (Å²) in [7, 11) is 0. The van der Waals surface area contributed by atoms with Crippen molar-refractivity contribution in [3.8, 4) is 0 Å². The fourth-order valence-corrected chi connectivity index (χ4v) is 1.77. The van der Waals surface area contributed by atoms with E-state index < -0.39 is 0 Å². The lowest BCUT2D eigenvalue weighted by atomic mass is 10.2. The number of morpholine rings is 1. The van der Waals surface area contributed by atoms with Crippen molar-refractivity contribution >= 4 is 34.4 Å². The van der Waals surface area contributed by atoms with Crippen LogP contribution < -0.4 is 10.6 Å². The average molecular weight is 333 g/mol. The van der Waals surface area contributed by atoms with Gasteiger partial charge in [0.05, 0.1) is 13.2 Å². The molecule has 1 aromatic rings. The Hall–Kier alpha value is -0.960. The van der Waals surface area contributed by atoms with Crippen LogP contribution in [0, 0.1) is 8.98 Å². The molecule has 1 aliphatic heterocycles. The highest BCUT2D eigenvalue weighted by atomic mass is 127. The standard InChI is InChI=1S/C9H12IN5O/c10-6-3-13-9(14-4-6)15-1-2-16-7(5-15)8(11)12/h3-4,7H,1-2,5H2,(H3,11,12). The Morgan fingerprint density at radius 2 is 2.25 bits per heavy atom. The Kier molecular flexibility index (Phi) is 3.54. The highest BCUT2D eigenvalue weighted by molar-refractivity contribution is 14.1. The van der Waals surface area contributed by atoms with Gasteiger partial charge in [0.1, 0.15) is 11.9 Å². The van der Waals surface area contributed by atoms with E-state index in [1.807, 2.05) is 4.90 Å². The van der Waals surface area contributed by atoms with Crippen molar-refractivity contribution < 1.29 is 4.74 Å². The van der Waals surface area contributed by atoms with E-state index in [-0.39, 0.29) is 11.9 Å². The highest BCUT2D eigenvalue weighted by Crippen LogP contribution is 2.13. The molecule has 2 heterocycles. The van der Waals surface area contributed by atoms with Crippen LogP contribution in [0.1, 0.15) is 0 Å². The summed E-state index contributed by atoms with van der Waals surface area (Å²) in [6.07, 6.45) is 3.18. The number of nitrogens with zero attached hydrogens (tertiary/aromatic N) is 3. The Labute approximate surface area is 107 Å². The first kappa shape index (κ1) is 11.5. The molecular weight excluding hydrogens is 321 g/mol. The summed E-state index contributed by atoms with van der Waals surface area (Å²) in [6.45, 7) is 1.81. The van der Waals surface area contributed by atoms with Crippen LogP contribution in [0.4, 0.5) is 5.95 Å². The number of nitrogens with two attached hydrogens (primary N) is 1. The molecule has 0 radical (unpaired) electrons. The molecule has 3 N–H and O–H groups in total. The zero-order chi connectivity index (χ0) is 11.5. The van der Waals surface area contributed by atoms with Gasteiger partial charge < -0.3 is 15.4 Å². The summed E-state index contributed by atoms with van der Waals surface area (Å²) in [5, 5.41) is 7.36. The lowest BCUT2D eigenvalue weighted by Crippen LogP contribution is -2.48. The minimum atomic E-state index is -0.350. The molecule has 0 amide bonds. The number of hydrogen-bond donors (Lipinski definition) is 2. The molecule has 1 saturated heterocycles. The third-order valence-corrected chi connectivity index (χ3v) is 2.86. The summed E-state index contributed by atoms with van der Waals surface area (Å²) in [5.74, 6) is 0.713. The van der Waals surface area contributed by atoms with Crippen molar-refractivity contribution in [1.82, 2.24) is 9.97 Å². The van der Waals surface area contributed by atoms with Crippen molar-refractivity contribution in [2.24, 2.45) is 5.73 Å². The van der Waals surface area contributed by atoms with E-state index in [1.165, 1.54) is 0 Å². The Balaban J connectivity index is 2.09. The molecule has 1 aliphatic rings. The highest BCUT2D eigenvalue weighted by Gasteiger charge is 2.24. The van der Waals surface area contributed by atoms with E-state index in [4.69, 9.17) is 15.9 Å². The molecule has 86 valence electrons. The predicted molar refractivity (Wildman–Crippen MR) is 68.6 cm³/mol. The lowest BCUT2D eigenvalue weighted by molar-refractivity contribution is 0.0820. The Morgan fingerprint density at radius 3 is 2.88 bits per heavy atom. The Morgan fingerprint density at radius 1 is 1.56 bits per heavy atom. The van der Waals surface area contributed by atoms with Gasteiger partial charge >= 0.3 is 0 Å². The first-order valence-electron chi connectivity index (χ1n) is 4.85. The molecule has 1 unspecified atom stereocenters. The SMILES string of the molecule is N=C(N)C1CN(c2ncc(I)cn2)CCO1. The summed E-state index contributed by atoms with van der Waals surface area (Å²) in [6, 6.07) is 0. The van der Waals surface area contributed by atoms with Crippen molar-refractivity contribution in [1.29, 1.82) is 5.41 Å². The van der Waals surface area contributed by atoms with Gasteiger partial charge in [0, 0.05) is 22.5 Å². The third-order valence-electron chi connectivity index (χ3n) is 2.30. The second kappa shape index (κ2) is 4.91. The first-order valence-corrected chi connectivity index (χ1v) is 5.92. The molecule has 1 aromatic heterocycles. The van der Waals surface area contributed by atoms with Crippen LogP contribution in [-0.4, -0.2) is 41.6 Å². The van der Waals surface area contributed by atoms with E-state index in [0.29, 0.717) is 19.1 Å². The van der Waals surface area contributed by atoms with Crippen LogP contribution in [0.15, 0.2) is 12.4 Å². The van der Waals surface area contributed by atoms with Gasteiger partial charge in [-0.2, -0.15) is 0 Å². The number of hydrogen-bond acceptors (Lipinski definition) is 5. The van der Waals surface area contributed by atoms with E-state index in [2.05, 4.69) is 32.6 Å². The molecule has 0 bridgehead atoms. The smallest absolute Gasteiger partial charge is 0.225 e. The van der Waals surface area contributed by atoms with Gasteiger partial charge in [0.15, 0.2) is 0 Å². The summed E-state index contributed by atoms with van der Waals surface area (Å²) in [4.78, 5) is 10.5. The number of anilines is 1. The molecule has 0 spiro atoms. The second-order valence-corrected chi connectivity index (χ2v) is 4.71. The fourth-order valence-electron chi connectivity index (χ4n) is 1.49. The summed E-state index contributed by atoms with van der Waals surface area (Å²) < 4.78 is 6.36. The van der Waals surface area contributed by atoms with Crippen molar-refractivity contribution in [2.75, 3.05) is 24.6 Å². The summed E-state index contributed by atoms with van der Waals surface area (Å²) in [5.41, 5.74) is 5.42. The van der Waals surface area contributed by atoms with Gasteiger partial charge in [-0.1, -0.05) is 0 Å². The van der Waals surface area contributed by atoms with Gasteiger partial charge in [-0.15, -0.1) is 0 Å². The molecule has 0 aromatic carbocycles. The molecule has 7 heteroatoms. The second-order valence-electron chi connectivity index (χ2n) is 3.46. The Bertz CT molecular complexity index is 382. The molecule has 16 heavy (non-hydrogen) atoms. The molecule has 6 nitrogen and oxygen atoms in total. The third kappa shape index (κ3) is 2.59. The van der Waals surface area contributed by atoms with Crippen LogP contribution >= 0.6 is 22.6 Å². The molecule has 1 fully saturated rings. The number of rotatable bonds is 2. The maximum Gasteiger partial charge on any atom is 0.225 e. The van der Waals surface area contributed by atoms with Crippen molar-refractivity contribution in [3.63, 3.8) is 0 Å². The van der Waals surface area contributed by atoms with Crippen molar-refractivity contribution in [2.45, 2.75) is 6.10 Å². The van der Waals surface area contributed by atoms with Crippen LogP contribution in [0.5, 0.6) is 0 Å². The normalized spacial score (nSPS) is 20.8. The van der Waals surface area contributed by atoms with Gasteiger partial charge in [-0.05, 0) is 22.6 Å². The van der Waals surface area contributed by atoms with Gasteiger partial charge in [-0.25, -0.2) is 9.97 Å².